The molecule has 142 valence electrons. The molecule has 2 aliphatic heterocycles. The second-order valence-corrected chi connectivity index (χ2v) is 5.90. The second kappa shape index (κ2) is 7.40. The number of cyclic esters (lactones) is 1. The van der Waals surface area contributed by atoms with E-state index in [1.54, 1.807) is 0 Å². The lowest BCUT2D eigenvalue weighted by Crippen LogP contribution is -2.35. The first-order valence-electron chi connectivity index (χ1n) is 8.14. The first-order valence-corrected chi connectivity index (χ1v) is 8.14. The summed E-state index contributed by atoms with van der Waals surface area (Å²) >= 11 is 0. The van der Waals surface area contributed by atoms with Crippen molar-refractivity contribution in [3.05, 3.63) is 23.5 Å². The zero-order valence-corrected chi connectivity index (χ0v) is 14.1. The lowest BCUT2D eigenvalue weighted by molar-refractivity contribution is -0.127. The number of amides is 2. The predicted octanol–water partition coefficient (Wildman–Crippen LogP) is 1.40. The average molecular weight is 373 g/mol. The molecule has 2 heterocycles. The van der Waals surface area contributed by atoms with E-state index in [9.17, 15) is 22.8 Å². The van der Waals surface area contributed by atoms with Gasteiger partial charge in [0.2, 0.25) is 0 Å². The molecule has 1 unspecified atom stereocenters. The number of ether oxygens (including phenoxy) is 2. The van der Waals surface area contributed by atoms with Crippen LogP contribution in [0.15, 0.2) is 6.07 Å². The van der Waals surface area contributed by atoms with Crippen molar-refractivity contribution < 1.29 is 32.2 Å². The van der Waals surface area contributed by atoms with E-state index in [1.807, 2.05) is 0 Å². The van der Waals surface area contributed by atoms with Gasteiger partial charge in [0.1, 0.15) is 5.69 Å². The normalized spacial score (nSPS) is 20.8. The van der Waals surface area contributed by atoms with Crippen molar-refractivity contribution >= 4 is 23.4 Å². The van der Waals surface area contributed by atoms with Gasteiger partial charge in [-0.1, -0.05) is 0 Å². The van der Waals surface area contributed by atoms with Gasteiger partial charge in [-0.05, 0) is 6.42 Å². The molecule has 2 aliphatic rings. The number of benzene rings is 1. The van der Waals surface area contributed by atoms with E-state index >= 15 is 0 Å². The van der Waals surface area contributed by atoms with Crippen molar-refractivity contribution in [1.82, 2.24) is 5.32 Å². The Hall–Kier alpha value is -2.49. The molecule has 0 aromatic heterocycles. The number of hydrogen-bond acceptors (Lipinski definition) is 5. The summed E-state index contributed by atoms with van der Waals surface area (Å²) in [7, 11) is 1.35. The number of hydrogen-bond donors (Lipinski definition) is 1. The number of nitrogens with zero attached hydrogens (tertiary/aromatic N) is 2. The lowest BCUT2D eigenvalue weighted by atomic mass is 10.2. The number of nitrogens with one attached hydrogen (secondary N) is 1. The minimum Gasteiger partial charge on any atom is -0.434 e. The van der Waals surface area contributed by atoms with Crippen molar-refractivity contribution in [3.63, 3.8) is 0 Å². The van der Waals surface area contributed by atoms with Crippen LogP contribution in [0.5, 0.6) is 0 Å². The van der Waals surface area contributed by atoms with E-state index in [1.165, 1.54) is 11.9 Å². The van der Waals surface area contributed by atoms with Gasteiger partial charge in [-0.15, -0.1) is 0 Å². The molecule has 1 aromatic rings. The van der Waals surface area contributed by atoms with Gasteiger partial charge in [0.25, 0.3) is 5.91 Å². The zero-order chi connectivity index (χ0) is 18.8. The fourth-order valence-corrected chi connectivity index (χ4v) is 2.99. The maximum atomic E-state index is 14.6. The molecule has 1 aromatic carbocycles. The molecule has 0 spiro atoms. The minimum atomic E-state index is -1.39. The van der Waals surface area contributed by atoms with Gasteiger partial charge in [0.15, 0.2) is 23.6 Å². The third-order valence-corrected chi connectivity index (χ3v) is 4.30. The molecule has 2 fully saturated rings. The van der Waals surface area contributed by atoms with Crippen molar-refractivity contribution in [3.8, 4) is 0 Å². The van der Waals surface area contributed by atoms with Gasteiger partial charge in [-0.25, -0.2) is 18.0 Å². The molecule has 7 nitrogen and oxygen atoms in total. The fourth-order valence-electron chi connectivity index (χ4n) is 2.99. The topological polar surface area (TPSA) is 71.1 Å². The molecule has 0 bridgehead atoms. The number of rotatable bonds is 3. The fraction of sp³-hybridized carbons (Fsp3) is 0.500. The molecule has 0 aliphatic carbocycles. The van der Waals surface area contributed by atoms with Crippen LogP contribution in [0.4, 0.5) is 29.3 Å². The summed E-state index contributed by atoms with van der Waals surface area (Å²) in [6.45, 7) is 0.925. The quantitative estimate of drug-likeness (QED) is 0.811. The molecule has 0 radical (unpaired) electrons. The number of anilines is 2. The van der Waals surface area contributed by atoms with Gasteiger partial charge in [0, 0.05) is 32.8 Å². The highest BCUT2D eigenvalue weighted by molar-refractivity contribution is 5.95. The first-order chi connectivity index (χ1) is 12.4. The summed E-state index contributed by atoms with van der Waals surface area (Å²) in [5, 5.41) is 2.29. The van der Waals surface area contributed by atoms with Crippen molar-refractivity contribution in [1.29, 1.82) is 0 Å². The summed E-state index contributed by atoms with van der Waals surface area (Å²) < 4.78 is 53.8. The monoisotopic (exact) mass is 373 g/mol. The van der Waals surface area contributed by atoms with Gasteiger partial charge in [0.05, 0.1) is 18.8 Å². The third kappa shape index (κ3) is 3.28. The summed E-state index contributed by atoms with van der Waals surface area (Å²) in [5.74, 6) is -4.36. The zero-order valence-electron chi connectivity index (χ0n) is 14.1. The molecule has 26 heavy (non-hydrogen) atoms. The molecule has 0 saturated carbocycles. The average Bonchev–Trinajstić information content (AvgIpc) is 2.83. The Bertz CT molecular complexity index is 723. The minimum absolute atomic E-state index is 0.219. The van der Waals surface area contributed by atoms with E-state index in [4.69, 9.17) is 9.47 Å². The Morgan fingerprint density at radius 3 is 2.73 bits per heavy atom. The van der Waals surface area contributed by atoms with E-state index in [0.717, 1.165) is 6.07 Å². The van der Waals surface area contributed by atoms with Crippen LogP contribution in [-0.2, 0) is 14.3 Å². The highest BCUT2D eigenvalue weighted by Crippen LogP contribution is 2.34. The Kier molecular flexibility index (Phi) is 5.21. The van der Waals surface area contributed by atoms with E-state index in [-0.39, 0.29) is 19.7 Å². The largest absolute Gasteiger partial charge is 0.434 e. The maximum absolute atomic E-state index is 14.6. The Morgan fingerprint density at radius 1 is 1.23 bits per heavy atom. The van der Waals surface area contributed by atoms with Crippen molar-refractivity contribution in [2.45, 2.75) is 12.5 Å². The standard InChI is InChI=1S/C16H18F3N3O4/c1-20-15(23)11-8-22(16(24)26-11)10-7-9(17)14(13(19)12(10)18)21-3-2-5-25-6-4-21/h7,11H,2-6,8H2,1H3,(H,20,23). The Balaban J connectivity index is 1.93. The molecule has 2 saturated heterocycles. The van der Waals surface area contributed by atoms with Crippen LogP contribution in [0.25, 0.3) is 0 Å². The van der Waals surface area contributed by atoms with E-state index < -0.39 is 46.9 Å². The van der Waals surface area contributed by atoms with Crippen LogP contribution in [-0.4, -0.2) is 58.0 Å². The van der Waals surface area contributed by atoms with Crippen LogP contribution in [0.1, 0.15) is 6.42 Å². The number of likely N-dealkylation sites (N-methyl/N-ethyl adjacent to an activating group) is 1. The first kappa shape index (κ1) is 18.3. The number of carbonyl (C=O) groups is 2. The molecule has 1 atom stereocenters. The van der Waals surface area contributed by atoms with Gasteiger partial charge in [-0.3, -0.25) is 9.69 Å². The van der Waals surface area contributed by atoms with E-state index in [2.05, 4.69) is 5.32 Å². The highest BCUT2D eigenvalue weighted by atomic mass is 19.2. The molecule has 3 rings (SSSR count). The third-order valence-electron chi connectivity index (χ3n) is 4.30. The van der Waals surface area contributed by atoms with Crippen molar-refractivity contribution in [2.75, 3.05) is 49.7 Å². The summed E-state index contributed by atoms with van der Waals surface area (Å²) in [6, 6.07) is 0.743. The Morgan fingerprint density at radius 2 is 2.00 bits per heavy atom. The summed E-state index contributed by atoms with van der Waals surface area (Å²) in [5.41, 5.74) is -1.10. The van der Waals surface area contributed by atoms with E-state index in [0.29, 0.717) is 24.5 Å². The van der Waals surface area contributed by atoms with Crippen molar-refractivity contribution in [2.24, 2.45) is 0 Å². The van der Waals surface area contributed by atoms with Gasteiger partial charge >= 0.3 is 6.09 Å². The van der Waals surface area contributed by atoms with Gasteiger partial charge in [-0.2, -0.15) is 0 Å². The molecule has 10 heteroatoms. The van der Waals surface area contributed by atoms with Crippen LogP contribution in [0, 0.1) is 17.5 Å². The Labute approximate surface area is 147 Å². The molecule has 1 N–H and O–H groups in total. The molecular weight excluding hydrogens is 355 g/mol. The van der Waals surface area contributed by atoms with Crippen LogP contribution in [0.2, 0.25) is 0 Å². The SMILES string of the molecule is CNC(=O)C1CN(c2cc(F)c(N3CCCOCC3)c(F)c2F)C(=O)O1. The number of halogens is 3. The highest BCUT2D eigenvalue weighted by Gasteiger charge is 2.39. The predicted molar refractivity (Wildman–Crippen MR) is 85.6 cm³/mol. The second-order valence-electron chi connectivity index (χ2n) is 5.90. The lowest BCUT2D eigenvalue weighted by Gasteiger charge is -2.25. The summed E-state index contributed by atoms with van der Waals surface area (Å²) in [4.78, 5) is 25.6. The van der Waals surface area contributed by atoms with Crippen LogP contribution < -0.4 is 15.1 Å². The number of carbonyl (C=O) groups excluding carboxylic acids is 2. The van der Waals surface area contributed by atoms with Crippen LogP contribution >= 0.6 is 0 Å². The molecule has 2 amide bonds. The van der Waals surface area contributed by atoms with Gasteiger partial charge < -0.3 is 19.7 Å². The maximum Gasteiger partial charge on any atom is 0.415 e. The smallest absolute Gasteiger partial charge is 0.415 e. The summed E-state index contributed by atoms with van der Waals surface area (Å²) in [6.07, 6.45) is -1.68. The molecular formula is C16H18F3N3O4. The van der Waals surface area contributed by atoms with Crippen LogP contribution in [0.3, 0.4) is 0 Å².